The Kier molecular flexibility index (Phi) is 13.2. The van der Waals surface area contributed by atoms with Crippen LogP contribution in [-0.4, -0.2) is 113 Å². The second kappa shape index (κ2) is 17.5. The summed E-state index contributed by atoms with van der Waals surface area (Å²) in [5.74, 6) is -3.07. The van der Waals surface area contributed by atoms with Crippen molar-refractivity contribution >= 4 is 23.9 Å². The third-order valence-electron chi connectivity index (χ3n) is 7.69. The first-order valence-electron chi connectivity index (χ1n) is 16.2. The third kappa shape index (κ3) is 8.69. The van der Waals surface area contributed by atoms with E-state index in [2.05, 4.69) is 0 Å². The molecule has 0 spiro atoms. The van der Waals surface area contributed by atoms with E-state index in [0.717, 1.165) is 5.57 Å². The van der Waals surface area contributed by atoms with Crippen LogP contribution >= 0.6 is 0 Å². The molecule has 2 bridgehead atoms. The van der Waals surface area contributed by atoms with E-state index in [4.69, 9.17) is 28.4 Å². The van der Waals surface area contributed by atoms with Gasteiger partial charge in [-0.25, -0.2) is 19.2 Å². The molecule has 12 nitrogen and oxygen atoms in total. The van der Waals surface area contributed by atoms with Crippen molar-refractivity contribution in [3.05, 3.63) is 81.3 Å². The lowest BCUT2D eigenvalue weighted by molar-refractivity contribution is -0.142. The molecule has 0 atom stereocenters. The Morgan fingerprint density at radius 3 is 1.64 bits per heavy atom. The van der Waals surface area contributed by atoms with Gasteiger partial charge in [-0.3, -0.25) is 0 Å². The Morgan fingerprint density at radius 1 is 0.617 bits per heavy atom. The predicted octanol–water partition coefficient (Wildman–Crippen LogP) is 3.09. The average molecular weight is 653 g/mol. The van der Waals surface area contributed by atoms with Crippen LogP contribution in [0.3, 0.4) is 0 Å². The summed E-state index contributed by atoms with van der Waals surface area (Å²) in [7, 11) is 0. The monoisotopic (exact) mass is 652 g/mol. The Balaban J connectivity index is 2.19. The van der Waals surface area contributed by atoms with E-state index < -0.39 is 23.9 Å². The van der Waals surface area contributed by atoms with Gasteiger partial charge in [-0.15, -0.1) is 0 Å². The zero-order valence-electron chi connectivity index (χ0n) is 27.6. The smallest absolute Gasteiger partial charge is 0.341 e. The van der Waals surface area contributed by atoms with E-state index in [-0.39, 0.29) is 55.1 Å². The summed E-state index contributed by atoms with van der Waals surface area (Å²) in [6.07, 6.45) is 10.4. The summed E-state index contributed by atoms with van der Waals surface area (Å²) in [6, 6.07) is 0. The lowest BCUT2D eigenvalue weighted by Crippen LogP contribution is -2.39. The van der Waals surface area contributed by atoms with Gasteiger partial charge >= 0.3 is 23.9 Å². The van der Waals surface area contributed by atoms with Gasteiger partial charge in [0.15, 0.2) is 0 Å². The molecule has 4 aliphatic rings. The fourth-order valence-electron chi connectivity index (χ4n) is 5.73. The average Bonchev–Trinajstić information content (AvgIpc) is 3.33. The molecule has 0 aromatic heterocycles. The number of esters is 4. The maximum absolute atomic E-state index is 14.0. The molecule has 47 heavy (non-hydrogen) atoms. The van der Waals surface area contributed by atoms with Crippen LogP contribution in [0, 0.1) is 0 Å². The van der Waals surface area contributed by atoms with Gasteiger partial charge in [-0.05, 0) is 51.0 Å². The molecule has 254 valence electrons. The van der Waals surface area contributed by atoms with Gasteiger partial charge in [0.1, 0.15) is 0 Å². The standard InChI is InChI=1S/C35H44N2O10/c1-5-44-32(38)26-22-27(33(39)45-6-2)29(35(41)47-8-4)31(37-15-19-43-20-16-37)25-12-10-9-11-24(21-25)30(36-13-17-42-18-14-36)28(23-26)34(40)46-7-3/h9-12,22-23H,5-8,13-21H2,1-4H3. The summed E-state index contributed by atoms with van der Waals surface area (Å²) in [4.78, 5) is 59.4. The maximum Gasteiger partial charge on any atom is 0.341 e. The molecule has 0 saturated carbocycles. The fourth-order valence-corrected chi connectivity index (χ4v) is 5.73. The minimum atomic E-state index is -0.841. The number of hydrogen-bond acceptors (Lipinski definition) is 12. The summed E-state index contributed by atoms with van der Waals surface area (Å²) in [6.45, 7) is 10.3. The second-order valence-corrected chi connectivity index (χ2v) is 10.7. The molecule has 0 aromatic carbocycles. The van der Waals surface area contributed by atoms with E-state index in [0.29, 0.717) is 69.6 Å². The predicted molar refractivity (Wildman–Crippen MR) is 171 cm³/mol. The number of carbonyl (C=O) groups excluding carboxylic acids is 4. The largest absolute Gasteiger partial charge is 0.462 e. The molecule has 2 heterocycles. The van der Waals surface area contributed by atoms with Gasteiger partial charge in [0.2, 0.25) is 0 Å². The first-order chi connectivity index (χ1) is 22.8. The van der Waals surface area contributed by atoms with Crippen LogP contribution in [0.1, 0.15) is 34.1 Å². The second-order valence-electron chi connectivity index (χ2n) is 10.7. The molecule has 4 rings (SSSR count). The lowest BCUT2D eigenvalue weighted by Gasteiger charge is -2.36. The van der Waals surface area contributed by atoms with Crippen molar-refractivity contribution < 1.29 is 47.6 Å². The number of fused-ring (bicyclic) bond motifs is 2. The zero-order chi connectivity index (χ0) is 33.8. The normalized spacial score (nSPS) is 19.0. The van der Waals surface area contributed by atoms with Crippen LogP contribution < -0.4 is 0 Å². The van der Waals surface area contributed by atoms with Gasteiger partial charge < -0.3 is 38.2 Å². The van der Waals surface area contributed by atoms with Crippen molar-refractivity contribution in [2.45, 2.75) is 34.1 Å². The van der Waals surface area contributed by atoms with Crippen molar-refractivity contribution in [2.24, 2.45) is 0 Å². The van der Waals surface area contributed by atoms with Crippen molar-refractivity contribution in [1.82, 2.24) is 9.80 Å². The molecule has 2 aliphatic carbocycles. The van der Waals surface area contributed by atoms with E-state index in [1.54, 1.807) is 27.7 Å². The quantitative estimate of drug-likeness (QED) is 0.254. The zero-order valence-corrected chi connectivity index (χ0v) is 27.6. The summed E-state index contributed by atoms with van der Waals surface area (Å²) >= 11 is 0. The summed E-state index contributed by atoms with van der Waals surface area (Å²) in [5.41, 5.74) is 2.13. The number of carbonyl (C=O) groups is 4. The highest BCUT2D eigenvalue weighted by atomic mass is 16.5. The molecule has 2 saturated heterocycles. The highest BCUT2D eigenvalue weighted by Crippen LogP contribution is 2.37. The van der Waals surface area contributed by atoms with Crippen LogP contribution in [0.2, 0.25) is 0 Å². The number of hydrogen-bond donors (Lipinski definition) is 0. The van der Waals surface area contributed by atoms with Crippen molar-refractivity contribution in [2.75, 3.05) is 79.0 Å². The number of allylic oxidation sites excluding steroid dienone is 6. The Hall–Kier alpha value is -4.42. The Morgan fingerprint density at radius 2 is 1.09 bits per heavy atom. The molecule has 0 aromatic rings. The van der Waals surface area contributed by atoms with Crippen LogP contribution in [0.15, 0.2) is 81.3 Å². The minimum Gasteiger partial charge on any atom is -0.462 e. The minimum absolute atomic E-state index is 0.00506. The van der Waals surface area contributed by atoms with E-state index in [1.165, 1.54) is 12.2 Å². The van der Waals surface area contributed by atoms with Crippen LogP contribution in [0.5, 0.6) is 0 Å². The highest BCUT2D eigenvalue weighted by Gasteiger charge is 2.35. The molecule has 2 aliphatic heterocycles. The molecule has 0 unspecified atom stereocenters. The lowest BCUT2D eigenvalue weighted by atomic mass is 9.92. The molecule has 0 amide bonds. The molecular formula is C35H44N2O10. The Bertz CT molecular complexity index is 1430. The highest BCUT2D eigenvalue weighted by molar-refractivity contribution is 6.10. The van der Waals surface area contributed by atoms with Crippen LogP contribution in [-0.2, 0) is 47.6 Å². The van der Waals surface area contributed by atoms with Gasteiger partial charge in [0.05, 0.1) is 86.5 Å². The summed E-state index contributed by atoms with van der Waals surface area (Å²) < 4.78 is 33.3. The molecule has 2 fully saturated rings. The third-order valence-corrected chi connectivity index (χ3v) is 7.69. The van der Waals surface area contributed by atoms with Crippen molar-refractivity contribution in [3.8, 4) is 0 Å². The van der Waals surface area contributed by atoms with Gasteiger partial charge in [0, 0.05) is 32.6 Å². The maximum atomic E-state index is 14.0. The number of nitrogens with zero attached hydrogens (tertiary/aromatic N) is 2. The topological polar surface area (TPSA) is 130 Å². The SMILES string of the molecule is CCOC(=O)C1=CC(C(=O)OCC)=C(N2CCOCC2)C2=CC=CC=C(C2)C(N2CCOCC2)=C(C(=O)OCC)C(C(=O)OCC)=C1. The van der Waals surface area contributed by atoms with Crippen molar-refractivity contribution in [1.29, 1.82) is 0 Å². The first-order valence-corrected chi connectivity index (χ1v) is 16.2. The molecule has 0 radical (unpaired) electrons. The first kappa shape index (κ1) is 35.4. The number of rotatable bonds is 10. The van der Waals surface area contributed by atoms with Gasteiger partial charge in [0.25, 0.3) is 0 Å². The van der Waals surface area contributed by atoms with Gasteiger partial charge in [-0.1, -0.05) is 24.3 Å². The molecule has 0 N–H and O–H groups in total. The number of ether oxygens (including phenoxy) is 6. The Labute approximate surface area is 275 Å². The van der Waals surface area contributed by atoms with E-state index >= 15 is 0 Å². The van der Waals surface area contributed by atoms with Crippen LogP contribution in [0.25, 0.3) is 0 Å². The number of morpholine rings is 2. The molecule has 12 heteroatoms. The van der Waals surface area contributed by atoms with E-state index in [1.807, 2.05) is 34.1 Å². The fraction of sp³-hybridized carbons (Fsp3) is 0.486. The van der Waals surface area contributed by atoms with Crippen molar-refractivity contribution in [3.63, 3.8) is 0 Å². The van der Waals surface area contributed by atoms with E-state index in [9.17, 15) is 19.2 Å². The van der Waals surface area contributed by atoms with Crippen LogP contribution in [0.4, 0.5) is 0 Å². The summed E-state index contributed by atoms with van der Waals surface area (Å²) in [5, 5.41) is 0. The molecular weight excluding hydrogens is 608 g/mol. The van der Waals surface area contributed by atoms with Gasteiger partial charge in [-0.2, -0.15) is 0 Å².